The average molecular weight is 430 g/mol. The van der Waals surface area contributed by atoms with Gasteiger partial charge in [0.1, 0.15) is 5.69 Å². The Morgan fingerprint density at radius 1 is 1.07 bits per heavy atom. The molecule has 2 aromatic carbocycles. The normalized spacial score (nSPS) is 10.8. The van der Waals surface area contributed by atoms with Crippen molar-refractivity contribution in [2.45, 2.75) is 4.90 Å². The SMILES string of the molecule is C=CC(=O)Nc1cccc(Nc2nc(Cl)ncc2NS(=O)(=O)c2ccccc2)c1. The van der Waals surface area contributed by atoms with Crippen molar-refractivity contribution in [3.05, 3.63) is 78.7 Å². The first-order chi connectivity index (χ1) is 13.9. The Bertz CT molecular complexity index is 1150. The summed E-state index contributed by atoms with van der Waals surface area (Å²) in [6.45, 7) is 3.40. The molecule has 1 aromatic heterocycles. The molecule has 8 nitrogen and oxygen atoms in total. The second-order valence-electron chi connectivity index (χ2n) is 5.72. The highest BCUT2D eigenvalue weighted by atomic mass is 35.5. The number of amides is 1. The lowest BCUT2D eigenvalue weighted by Gasteiger charge is -2.14. The van der Waals surface area contributed by atoms with Crippen LogP contribution in [0.5, 0.6) is 0 Å². The Kier molecular flexibility index (Phi) is 6.10. The molecule has 0 saturated carbocycles. The van der Waals surface area contributed by atoms with Crippen molar-refractivity contribution in [3.63, 3.8) is 0 Å². The van der Waals surface area contributed by atoms with Crippen molar-refractivity contribution in [2.24, 2.45) is 0 Å². The number of nitrogens with one attached hydrogen (secondary N) is 3. The summed E-state index contributed by atoms with van der Waals surface area (Å²) in [5, 5.41) is 5.55. The topological polar surface area (TPSA) is 113 Å². The third kappa shape index (κ3) is 5.31. The lowest BCUT2D eigenvalue weighted by molar-refractivity contribution is -0.111. The van der Waals surface area contributed by atoms with Crippen LogP contribution in [0.15, 0.2) is 78.3 Å². The van der Waals surface area contributed by atoms with Crippen molar-refractivity contribution < 1.29 is 13.2 Å². The van der Waals surface area contributed by atoms with Crippen LogP contribution >= 0.6 is 11.6 Å². The van der Waals surface area contributed by atoms with E-state index in [1.807, 2.05) is 0 Å². The Balaban J connectivity index is 1.89. The number of hydrogen-bond acceptors (Lipinski definition) is 6. The van der Waals surface area contributed by atoms with Gasteiger partial charge < -0.3 is 10.6 Å². The van der Waals surface area contributed by atoms with Gasteiger partial charge in [-0.3, -0.25) is 9.52 Å². The molecule has 0 aliphatic heterocycles. The molecule has 0 spiro atoms. The van der Waals surface area contributed by atoms with Gasteiger partial charge in [0.15, 0.2) is 5.82 Å². The molecule has 0 aliphatic rings. The Morgan fingerprint density at radius 3 is 2.52 bits per heavy atom. The molecule has 0 unspecified atom stereocenters. The summed E-state index contributed by atoms with van der Waals surface area (Å²) in [6, 6.07) is 14.7. The van der Waals surface area contributed by atoms with Crippen LogP contribution in [0.3, 0.4) is 0 Å². The van der Waals surface area contributed by atoms with Crippen LogP contribution < -0.4 is 15.4 Å². The van der Waals surface area contributed by atoms with E-state index in [2.05, 4.69) is 31.9 Å². The molecule has 3 N–H and O–H groups in total. The van der Waals surface area contributed by atoms with Gasteiger partial charge in [0.2, 0.25) is 11.2 Å². The molecule has 10 heteroatoms. The number of anilines is 4. The fraction of sp³-hybridized carbons (Fsp3) is 0. The quantitative estimate of drug-likeness (QED) is 0.389. The maximum absolute atomic E-state index is 12.6. The zero-order valence-electron chi connectivity index (χ0n) is 15.0. The number of halogens is 1. The van der Waals surface area contributed by atoms with E-state index < -0.39 is 10.0 Å². The lowest BCUT2D eigenvalue weighted by atomic mass is 10.2. The highest BCUT2D eigenvalue weighted by molar-refractivity contribution is 7.92. The number of carbonyl (C=O) groups is 1. The molecule has 0 aliphatic carbocycles. The Morgan fingerprint density at radius 2 is 1.79 bits per heavy atom. The van der Waals surface area contributed by atoms with Crippen LogP contribution in [-0.2, 0) is 14.8 Å². The van der Waals surface area contributed by atoms with E-state index in [1.165, 1.54) is 18.3 Å². The molecule has 1 heterocycles. The van der Waals surface area contributed by atoms with Gasteiger partial charge in [-0.2, -0.15) is 4.98 Å². The summed E-state index contributed by atoms with van der Waals surface area (Å²) in [7, 11) is -3.85. The van der Waals surface area contributed by atoms with Crippen molar-refractivity contribution in [2.75, 3.05) is 15.4 Å². The molecule has 1 amide bonds. The summed E-state index contributed by atoms with van der Waals surface area (Å²) in [5.74, 6) is -0.208. The molecule has 148 valence electrons. The number of carbonyl (C=O) groups excluding carboxylic acids is 1. The fourth-order valence-corrected chi connectivity index (χ4v) is 3.54. The first-order valence-electron chi connectivity index (χ1n) is 8.28. The minimum Gasteiger partial charge on any atom is -0.338 e. The number of hydrogen-bond donors (Lipinski definition) is 3. The average Bonchev–Trinajstić information content (AvgIpc) is 2.71. The molecular formula is C19H16ClN5O3S. The van der Waals surface area contributed by atoms with Crippen LogP contribution in [-0.4, -0.2) is 24.3 Å². The molecule has 0 bridgehead atoms. The van der Waals surface area contributed by atoms with Gasteiger partial charge in [-0.05, 0) is 48.0 Å². The third-order valence-electron chi connectivity index (χ3n) is 3.64. The van der Waals surface area contributed by atoms with Crippen molar-refractivity contribution in [1.29, 1.82) is 0 Å². The van der Waals surface area contributed by atoms with Crippen molar-refractivity contribution >= 4 is 50.4 Å². The lowest BCUT2D eigenvalue weighted by Crippen LogP contribution is -2.15. The summed E-state index contributed by atoms with van der Waals surface area (Å²) in [4.78, 5) is 19.5. The van der Waals surface area contributed by atoms with Crippen LogP contribution in [0.2, 0.25) is 5.28 Å². The Labute approximate surface area is 172 Å². The van der Waals surface area contributed by atoms with Gasteiger partial charge in [0.05, 0.1) is 11.1 Å². The highest BCUT2D eigenvalue weighted by Crippen LogP contribution is 2.27. The summed E-state index contributed by atoms with van der Waals surface area (Å²) in [5.41, 5.74) is 1.17. The minimum absolute atomic E-state index is 0.0636. The monoisotopic (exact) mass is 429 g/mol. The van der Waals surface area contributed by atoms with Crippen LogP contribution in [0, 0.1) is 0 Å². The number of nitrogens with zero attached hydrogens (tertiary/aromatic N) is 2. The van der Waals surface area contributed by atoms with E-state index in [0.29, 0.717) is 11.4 Å². The van der Waals surface area contributed by atoms with Gasteiger partial charge in [-0.25, -0.2) is 13.4 Å². The summed E-state index contributed by atoms with van der Waals surface area (Å²) in [6.07, 6.45) is 2.42. The van der Waals surface area contributed by atoms with Crippen molar-refractivity contribution in [1.82, 2.24) is 9.97 Å². The predicted octanol–water partition coefficient (Wildman–Crippen LogP) is 3.80. The van der Waals surface area contributed by atoms with Gasteiger partial charge in [0.25, 0.3) is 10.0 Å². The number of sulfonamides is 1. The molecule has 0 atom stereocenters. The number of benzene rings is 2. The number of rotatable bonds is 7. The highest BCUT2D eigenvalue weighted by Gasteiger charge is 2.17. The van der Waals surface area contributed by atoms with E-state index in [9.17, 15) is 13.2 Å². The molecular weight excluding hydrogens is 414 g/mol. The molecule has 0 fully saturated rings. The van der Waals surface area contributed by atoms with Crippen molar-refractivity contribution in [3.8, 4) is 0 Å². The maximum atomic E-state index is 12.6. The zero-order chi connectivity index (χ0) is 20.9. The largest absolute Gasteiger partial charge is 0.338 e. The van der Waals surface area contributed by atoms with Crippen LogP contribution in [0.25, 0.3) is 0 Å². The van der Waals surface area contributed by atoms with E-state index >= 15 is 0 Å². The second kappa shape index (κ2) is 8.72. The van der Waals surface area contributed by atoms with E-state index in [4.69, 9.17) is 11.6 Å². The van der Waals surface area contributed by atoms with E-state index in [-0.39, 0.29) is 27.6 Å². The zero-order valence-corrected chi connectivity index (χ0v) is 16.5. The third-order valence-corrected chi connectivity index (χ3v) is 5.20. The van der Waals surface area contributed by atoms with Gasteiger partial charge in [-0.15, -0.1) is 0 Å². The molecule has 29 heavy (non-hydrogen) atoms. The predicted molar refractivity (Wildman–Crippen MR) is 113 cm³/mol. The minimum atomic E-state index is -3.85. The fourth-order valence-electron chi connectivity index (χ4n) is 2.34. The first kappa shape index (κ1) is 20.3. The first-order valence-corrected chi connectivity index (χ1v) is 10.1. The molecule has 0 saturated heterocycles. The van der Waals surface area contributed by atoms with Gasteiger partial charge in [-0.1, -0.05) is 30.8 Å². The van der Waals surface area contributed by atoms with Crippen LogP contribution in [0.4, 0.5) is 22.9 Å². The smallest absolute Gasteiger partial charge is 0.262 e. The Hall–Kier alpha value is -3.43. The van der Waals surface area contributed by atoms with Gasteiger partial charge in [0, 0.05) is 11.4 Å². The van der Waals surface area contributed by atoms with E-state index in [1.54, 1.807) is 42.5 Å². The standard InChI is InChI=1S/C19H16ClN5O3S/c1-2-17(26)22-13-7-6-8-14(11-13)23-18-16(12-21-19(20)24-18)25-29(27,28)15-9-4-3-5-10-15/h2-12,25H,1H2,(H,22,26)(H,21,23,24). The maximum Gasteiger partial charge on any atom is 0.262 e. The summed E-state index contributed by atoms with van der Waals surface area (Å²) < 4.78 is 27.7. The number of aromatic nitrogens is 2. The second-order valence-corrected chi connectivity index (χ2v) is 7.74. The summed E-state index contributed by atoms with van der Waals surface area (Å²) >= 11 is 5.88. The van der Waals surface area contributed by atoms with E-state index in [0.717, 1.165) is 6.08 Å². The molecule has 3 rings (SSSR count). The van der Waals surface area contributed by atoms with Gasteiger partial charge >= 0.3 is 0 Å². The molecule has 0 radical (unpaired) electrons. The van der Waals surface area contributed by atoms with Crippen LogP contribution in [0.1, 0.15) is 0 Å². The molecule has 3 aromatic rings.